The molecule has 0 bridgehead atoms. The van der Waals surface area contributed by atoms with E-state index in [1.807, 2.05) is 13.8 Å². The van der Waals surface area contributed by atoms with Crippen molar-refractivity contribution in [3.8, 4) is 0 Å². The zero-order valence-corrected chi connectivity index (χ0v) is 13.2. The number of rotatable bonds is 3. The van der Waals surface area contributed by atoms with Gasteiger partial charge < -0.3 is 4.74 Å². The van der Waals surface area contributed by atoms with Gasteiger partial charge in [0, 0.05) is 24.5 Å². The molecule has 1 aliphatic carbocycles. The minimum atomic E-state index is -1.52. The molecule has 0 spiro atoms. The maximum absolute atomic E-state index is 12.6. The maximum Gasteiger partial charge on any atom is 0.365 e. The molecule has 8 heteroatoms. The standard InChI is InChI=1S/C16H16N2O6/c1-16(2)7-11(19)14-12(8-16)24-15(18(22)23)13(14)9-5-3-4-6-10(9)17(20)21/h3-6,13,15H,7-8H2,1-2H3/t13-,15-/m1/s1. The number of hydrogen-bond acceptors (Lipinski definition) is 6. The second-order valence-electron chi connectivity index (χ2n) is 6.87. The number of carbonyl (C=O) groups is 1. The van der Waals surface area contributed by atoms with Gasteiger partial charge >= 0.3 is 6.23 Å². The predicted octanol–water partition coefficient (Wildman–Crippen LogP) is 2.95. The molecule has 126 valence electrons. The van der Waals surface area contributed by atoms with Crippen LogP contribution in [0.15, 0.2) is 35.6 Å². The summed E-state index contributed by atoms with van der Waals surface area (Å²) in [7, 11) is 0. The molecule has 1 aromatic carbocycles. The van der Waals surface area contributed by atoms with Crippen LogP contribution in [-0.2, 0) is 9.53 Å². The van der Waals surface area contributed by atoms with Crippen molar-refractivity contribution in [2.45, 2.75) is 38.8 Å². The lowest BCUT2D eigenvalue weighted by Crippen LogP contribution is -2.29. The third-order valence-corrected chi connectivity index (χ3v) is 4.41. The first kappa shape index (κ1) is 16.1. The normalized spacial score (nSPS) is 25.2. The highest BCUT2D eigenvalue weighted by Gasteiger charge is 2.53. The van der Waals surface area contributed by atoms with Gasteiger partial charge in [-0.25, -0.2) is 0 Å². The highest BCUT2D eigenvalue weighted by Crippen LogP contribution is 2.50. The number of benzene rings is 1. The number of Topliss-reactive ketones (excluding diaryl/α,β-unsaturated/α-hetero) is 1. The van der Waals surface area contributed by atoms with Gasteiger partial charge in [-0.3, -0.25) is 25.0 Å². The quantitative estimate of drug-likeness (QED) is 0.621. The second kappa shape index (κ2) is 5.40. The molecule has 8 nitrogen and oxygen atoms in total. The molecule has 0 radical (unpaired) electrons. The Hall–Kier alpha value is -2.77. The zero-order valence-electron chi connectivity index (χ0n) is 13.2. The fourth-order valence-electron chi connectivity index (χ4n) is 3.48. The van der Waals surface area contributed by atoms with E-state index in [1.165, 1.54) is 18.2 Å². The molecule has 0 saturated carbocycles. The molecule has 0 saturated heterocycles. The maximum atomic E-state index is 12.6. The number of ether oxygens (including phenoxy) is 1. The molecule has 24 heavy (non-hydrogen) atoms. The second-order valence-corrected chi connectivity index (χ2v) is 6.87. The van der Waals surface area contributed by atoms with Crippen molar-refractivity contribution >= 4 is 11.5 Å². The van der Waals surface area contributed by atoms with Crippen molar-refractivity contribution < 1.29 is 19.4 Å². The number of ketones is 1. The van der Waals surface area contributed by atoms with Crippen LogP contribution in [0.4, 0.5) is 5.69 Å². The third kappa shape index (κ3) is 2.53. The molecule has 1 aromatic rings. The van der Waals surface area contributed by atoms with Gasteiger partial charge in [-0.05, 0) is 5.41 Å². The highest BCUT2D eigenvalue weighted by molar-refractivity contribution is 5.99. The summed E-state index contributed by atoms with van der Waals surface area (Å²) in [5.41, 5.74) is -0.244. The number of nitro groups is 2. The van der Waals surface area contributed by atoms with Crippen molar-refractivity contribution in [3.63, 3.8) is 0 Å². The summed E-state index contributed by atoms with van der Waals surface area (Å²) in [4.78, 5) is 34.1. The minimum absolute atomic E-state index is 0.141. The Labute approximate surface area is 137 Å². The smallest absolute Gasteiger partial charge is 0.365 e. The number of nitro benzene ring substituents is 1. The molecule has 2 aliphatic rings. The highest BCUT2D eigenvalue weighted by atomic mass is 16.7. The number of nitrogens with zero attached hydrogens (tertiary/aromatic N) is 2. The van der Waals surface area contributed by atoms with Crippen molar-refractivity contribution in [3.05, 3.63) is 61.4 Å². The summed E-state index contributed by atoms with van der Waals surface area (Å²) in [6.07, 6.45) is -0.888. The topological polar surface area (TPSA) is 113 Å². The Morgan fingerprint density at radius 2 is 1.83 bits per heavy atom. The van der Waals surface area contributed by atoms with Gasteiger partial charge in [0.25, 0.3) is 5.69 Å². The van der Waals surface area contributed by atoms with E-state index < -0.39 is 22.0 Å². The largest absolute Gasteiger partial charge is 0.433 e. The Morgan fingerprint density at radius 1 is 1.17 bits per heavy atom. The summed E-state index contributed by atoms with van der Waals surface area (Å²) in [6.45, 7) is 3.77. The van der Waals surface area contributed by atoms with E-state index in [4.69, 9.17) is 4.74 Å². The Balaban J connectivity index is 2.17. The molecule has 0 fully saturated rings. The zero-order chi connectivity index (χ0) is 17.6. The molecule has 3 rings (SSSR count). The first-order valence-corrected chi connectivity index (χ1v) is 7.51. The van der Waals surface area contributed by atoms with E-state index in [0.29, 0.717) is 12.2 Å². The van der Waals surface area contributed by atoms with E-state index >= 15 is 0 Å². The summed E-state index contributed by atoms with van der Waals surface area (Å²) >= 11 is 0. The van der Waals surface area contributed by atoms with E-state index in [2.05, 4.69) is 0 Å². The lowest BCUT2D eigenvalue weighted by atomic mass is 9.73. The molecule has 2 atom stereocenters. The monoisotopic (exact) mass is 332 g/mol. The Morgan fingerprint density at radius 3 is 2.46 bits per heavy atom. The number of para-hydroxylation sites is 1. The van der Waals surface area contributed by atoms with E-state index in [1.54, 1.807) is 6.07 Å². The number of hydrogen-bond donors (Lipinski definition) is 0. The van der Waals surface area contributed by atoms with E-state index in [-0.39, 0.29) is 34.4 Å². The van der Waals surface area contributed by atoms with Crippen molar-refractivity contribution in [1.82, 2.24) is 0 Å². The van der Waals surface area contributed by atoms with Crippen LogP contribution in [-0.4, -0.2) is 21.9 Å². The van der Waals surface area contributed by atoms with E-state index in [9.17, 15) is 25.0 Å². The van der Waals surface area contributed by atoms with E-state index in [0.717, 1.165) is 0 Å². The molecule has 0 amide bonds. The van der Waals surface area contributed by atoms with Crippen LogP contribution in [0.25, 0.3) is 0 Å². The van der Waals surface area contributed by atoms with Gasteiger partial charge in [-0.2, -0.15) is 0 Å². The molecular formula is C16H16N2O6. The molecule has 1 aliphatic heterocycles. The van der Waals surface area contributed by atoms with Crippen LogP contribution in [0.1, 0.15) is 38.2 Å². The van der Waals surface area contributed by atoms with Gasteiger partial charge in [0.15, 0.2) is 5.78 Å². The summed E-state index contributed by atoms with van der Waals surface area (Å²) in [5.74, 6) is -1.00. The summed E-state index contributed by atoms with van der Waals surface area (Å²) in [6, 6.07) is 5.78. The average molecular weight is 332 g/mol. The van der Waals surface area contributed by atoms with Crippen LogP contribution in [0.3, 0.4) is 0 Å². The van der Waals surface area contributed by atoms with Crippen LogP contribution in [0, 0.1) is 25.6 Å². The fraction of sp³-hybridized carbons (Fsp3) is 0.438. The predicted molar refractivity (Wildman–Crippen MR) is 82.8 cm³/mol. The molecular weight excluding hydrogens is 316 g/mol. The van der Waals surface area contributed by atoms with Crippen LogP contribution < -0.4 is 0 Å². The van der Waals surface area contributed by atoms with Gasteiger partial charge in [0.05, 0.1) is 15.4 Å². The molecule has 0 unspecified atom stereocenters. The number of allylic oxidation sites excluding steroid dienone is 1. The van der Waals surface area contributed by atoms with Gasteiger partial charge in [-0.1, -0.05) is 32.0 Å². The van der Waals surface area contributed by atoms with Gasteiger partial charge in [-0.15, -0.1) is 0 Å². The number of carbonyl (C=O) groups excluding carboxylic acids is 1. The van der Waals surface area contributed by atoms with Gasteiger partial charge in [0.2, 0.25) is 0 Å². The SMILES string of the molecule is CC1(C)CC(=O)C2=C(C1)O[C@@H]([N+](=O)[O-])[C@@H]2c1ccccc1[N+](=O)[O-]. The van der Waals surface area contributed by atoms with Crippen LogP contribution in [0.5, 0.6) is 0 Å². The molecule has 0 aromatic heterocycles. The van der Waals surface area contributed by atoms with Crippen LogP contribution in [0.2, 0.25) is 0 Å². The summed E-state index contributed by atoms with van der Waals surface area (Å²) < 4.78 is 5.47. The fourth-order valence-corrected chi connectivity index (χ4v) is 3.48. The third-order valence-electron chi connectivity index (χ3n) is 4.41. The first-order chi connectivity index (χ1) is 11.2. The lowest BCUT2D eigenvalue weighted by Gasteiger charge is -2.28. The summed E-state index contributed by atoms with van der Waals surface area (Å²) in [5, 5.41) is 22.7. The minimum Gasteiger partial charge on any atom is -0.433 e. The average Bonchev–Trinajstić information content (AvgIpc) is 2.85. The van der Waals surface area contributed by atoms with Crippen molar-refractivity contribution in [2.75, 3.05) is 0 Å². The van der Waals surface area contributed by atoms with Crippen molar-refractivity contribution in [1.29, 1.82) is 0 Å². The lowest BCUT2D eigenvalue weighted by molar-refractivity contribution is -0.570. The van der Waals surface area contributed by atoms with Crippen LogP contribution >= 0.6 is 0 Å². The Kier molecular flexibility index (Phi) is 3.62. The molecule has 1 heterocycles. The Bertz CT molecular complexity index is 783. The van der Waals surface area contributed by atoms with Crippen molar-refractivity contribution in [2.24, 2.45) is 5.41 Å². The van der Waals surface area contributed by atoms with Gasteiger partial charge in [0.1, 0.15) is 11.7 Å². The molecule has 0 N–H and O–H groups in total. The first-order valence-electron chi connectivity index (χ1n) is 7.51.